The monoisotopic (exact) mass is 178 g/mol. The van der Waals surface area contributed by atoms with Gasteiger partial charge in [0.15, 0.2) is 0 Å². The molecule has 0 radical (unpaired) electrons. The Morgan fingerprint density at radius 1 is 1.14 bits per heavy atom. The Balaban J connectivity index is -0.00000000333. The molecule has 7 heavy (non-hydrogen) atoms. The maximum Gasteiger partial charge on any atom is 3.00 e. The zero-order chi connectivity index (χ0) is 2.71. The van der Waals surface area contributed by atoms with Gasteiger partial charge in [0, 0.05) is 0 Å². The van der Waals surface area contributed by atoms with Crippen molar-refractivity contribution in [3.05, 3.63) is 0 Å². The first-order chi connectivity index (χ1) is 1.41. The number of hydrogen-bond acceptors (Lipinski definition) is 1. The van der Waals surface area contributed by atoms with Crippen LogP contribution in [0.5, 0.6) is 0 Å². The van der Waals surface area contributed by atoms with Gasteiger partial charge in [0.1, 0.15) is 0 Å². The summed E-state index contributed by atoms with van der Waals surface area (Å²) in [6, 6.07) is 0. The zero-order valence-electron chi connectivity index (χ0n) is 3.14. The molecule has 0 unspecified atom stereocenters. The van der Waals surface area contributed by atoms with Gasteiger partial charge >= 0.3 is 17.4 Å². The van der Waals surface area contributed by atoms with Gasteiger partial charge in [-0.05, 0) is 0 Å². The van der Waals surface area contributed by atoms with Crippen molar-refractivity contribution in [2.75, 3.05) is 0 Å². The molecule has 0 amide bonds. The van der Waals surface area contributed by atoms with Crippen molar-refractivity contribution in [2.45, 2.75) is 0 Å². The van der Waals surface area contributed by atoms with Gasteiger partial charge in [0.05, 0.1) is 0 Å². The minimum absolute atomic E-state index is 0. The summed E-state index contributed by atoms with van der Waals surface area (Å²) in [5.41, 5.74) is 0. The van der Waals surface area contributed by atoms with Crippen molar-refractivity contribution >= 4 is 23.8 Å². The van der Waals surface area contributed by atoms with Crippen molar-refractivity contribution < 1.29 is 47.1 Å². The molecule has 0 saturated carbocycles. The molecule has 42 valence electrons. The van der Waals surface area contributed by atoms with E-state index in [0.29, 0.717) is 0 Å². The van der Waals surface area contributed by atoms with Gasteiger partial charge < -0.3 is 42.3 Å². The van der Waals surface area contributed by atoms with Gasteiger partial charge in [0.2, 0.25) is 0 Å². The van der Waals surface area contributed by atoms with Crippen LogP contribution in [0.4, 0.5) is 0 Å². The molecule has 0 aliphatic carbocycles. The van der Waals surface area contributed by atoms with E-state index in [4.69, 9.17) is 9.90 Å². The van der Waals surface area contributed by atoms with Crippen LogP contribution in [-0.4, -0.2) is 28.9 Å². The summed E-state index contributed by atoms with van der Waals surface area (Å²) in [4.78, 5) is 8.36. The second-order valence-corrected chi connectivity index (χ2v) is 0.105. The number of halogens is 3. The van der Waals surface area contributed by atoms with Gasteiger partial charge in [0.25, 0.3) is 6.47 Å². The van der Waals surface area contributed by atoms with E-state index < -0.39 is 0 Å². The normalized spacial score (nSPS) is 1.71. The molecule has 0 aromatic heterocycles. The fraction of sp³-hybridized carbons (Fsp3) is 0. The summed E-state index contributed by atoms with van der Waals surface area (Å²) in [7, 11) is 0. The molecule has 2 nitrogen and oxygen atoms in total. The van der Waals surface area contributed by atoms with Crippen molar-refractivity contribution in [3.63, 3.8) is 0 Å². The second-order valence-electron chi connectivity index (χ2n) is 0.105. The van der Waals surface area contributed by atoms with Crippen molar-refractivity contribution in [2.24, 2.45) is 0 Å². The first kappa shape index (κ1) is 45.1. The Hall–Kier alpha value is 0.872. The molecule has 0 rings (SSSR count). The number of carboxylic acid groups (broad SMARTS) is 1. The summed E-state index contributed by atoms with van der Waals surface area (Å²) < 4.78 is 0. The minimum atomic E-state index is -0.250. The Bertz CT molecular complexity index is 20.4. The SMILES string of the molecule is O=CO.[Al+3].[Cl-].[Cl-].[Cl-]. The van der Waals surface area contributed by atoms with E-state index in [-0.39, 0.29) is 61.1 Å². The molecule has 0 aromatic rings. The van der Waals surface area contributed by atoms with Crippen LogP contribution in [0.2, 0.25) is 0 Å². The zero-order valence-corrected chi connectivity index (χ0v) is 6.57. The molecule has 0 fully saturated rings. The van der Waals surface area contributed by atoms with E-state index in [2.05, 4.69) is 0 Å². The van der Waals surface area contributed by atoms with Gasteiger partial charge in [-0.2, -0.15) is 0 Å². The second kappa shape index (κ2) is 67.6. The van der Waals surface area contributed by atoms with Crippen LogP contribution in [0, 0.1) is 0 Å². The number of hydrogen-bond donors (Lipinski definition) is 1. The van der Waals surface area contributed by atoms with Gasteiger partial charge in [-0.15, -0.1) is 0 Å². The predicted molar refractivity (Wildman–Crippen MR) is 14.4 cm³/mol. The smallest absolute Gasteiger partial charge is 1.00 e. The Morgan fingerprint density at radius 2 is 1.14 bits per heavy atom. The molecule has 0 aromatic carbocycles. The predicted octanol–water partition coefficient (Wildman–Crippen LogP) is -9.67. The van der Waals surface area contributed by atoms with Crippen LogP contribution in [0.1, 0.15) is 0 Å². The quantitative estimate of drug-likeness (QED) is 0.296. The topological polar surface area (TPSA) is 37.3 Å². The molecule has 0 heterocycles. The molecule has 0 spiro atoms. The number of rotatable bonds is 0. The fourth-order valence-corrected chi connectivity index (χ4v) is 0. The van der Waals surface area contributed by atoms with E-state index in [0.717, 1.165) is 0 Å². The average molecular weight is 179 g/mol. The molecule has 0 atom stereocenters. The maximum absolute atomic E-state index is 8.36. The van der Waals surface area contributed by atoms with Gasteiger partial charge in [-0.3, -0.25) is 4.79 Å². The summed E-state index contributed by atoms with van der Waals surface area (Å²) in [5.74, 6) is 0. The molecule has 0 bridgehead atoms. The maximum atomic E-state index is 8.36. The Labute approximate surface area is 71.0 Å². The van der Waals surface area contributed by atoms with E-state index in [1.54, 1.807) is 0 Å². The summed E-state index contributed by atoms with van der Waals surface area (Å²) in [6.07, 6.45) is 0. The minimum Gasteiger partial charge on any atom is -1.00 e. The molecular weight excluding hydrogens is 177 g/mol. The molecule has 0 aliphatic heterocycles. The Kier molecular flexibility index (Phi) is 435. The summed E-state index contributed by atoms with van der Waals surface area (Å²) >= 11 is 0. The number of carbonyl (C=O) groups is 1. The van der Waals surface area contributed by atoms with Crippen molar-refractivity contribution in [3.8, 4) is 0 Å². The fourth-order valence-electron chi connectivity index (χ4n) is 0. The third-order valence-electron chi connectivity index (χ3n) is 0. The van der Waals surface area contributed by atoms with Gasteiger partial charge in [-0.1, -0.05) is 0 Å². The van der Waals surface area contributed by atoms with Crippen LogP contribution in [-0.2, 0) is 4.79 Å². The Morgan fingerprint density at radius 3 is 1.14 bits per heavy atom. The van der Waals surface area contributed by atoms with Crippen LogP contribution in [0.25, 0.3) is 0 Å². The molecular formula is CH2AlCl3O2. The van der Waals surface area contributed by atoms with E-state index in [1.807, 2.05) is 0 Å². The van der Waals surface area contributed by atoms with Gasteiger partial charge in [-0.25, -0.2) is 0 Å². The average Bonchev–Trinajstić information content (AvgIpc) is 0.918. The molecule has 0 aliphatic rings. The van der Waals surface area contributed by atoms with Crippen molar-refractivity contribution in [1.29, 1.82) is 0 Å². The standard InChI is InChI=1S/CH2O2.Al.3ClH/c2-1-3;;;;/h1H,(H,2,3);;3*1H/q;+3;;;/p-3. The van der Waals surface area contributed by atoms with E-state index in [1.165, 1.54) is 0 Å². The molecule has 1 N–H and O–H groups in total. The van der Waals surface area contributed by atoms with Crippen LogP contribution < -0.4 is 37.2 Å². The summed E-state index contributed by atoms with van der Waals surface area (Å²) in [6.45, 7) is -0.250. The largest absolute Gasteiger partial charge is 3.00 e. The van der Waals surface area contributed by atoms with Crippen LogP contribution in [0.3, 0.4) is 0 Å². The first-order valence-corrected chi connectivity index (χ1v) is 0.494. The van der Waals surface area contributed by atoms with Crippen LogP contribution >= 0.6 is 0 Å². The van der Waals surface area contributed by atoms with E-state index >= 15 is 0 Å². The molecule has 0 saturated heterocycles. The van der Waals surface area contributed by atoms with E-state index in [9.17, 15) is 0 Å². The molecule has 6 heteroatoms. The van der Waals surface area contributed by atoms with Crippen molar-refractivity contribution in [1.82, 2.24) is 0 Å². The third kappa shape index (κ3) is 214. The third-order valence-corrected chi connectivity index (χ3v) is 0. The summed E-state index contributed by atoms with van der Waals surface area (Å²) in [5, 5.41) is 6.89. The van der Waals surface area contributed by atoms with Crippen LogP contribution in [0.15, 0.2) is 0 Å². The first-order valence-electron chi connectivity index (χ1n) is 0.494.